The molecule has 26 heavy (non-hydrogen) atoms. The molecule has 0 bridgehead atoms. The molecule has 0 saturated heterocycles. The van der Waals surface area contributed by atoms with Crippen LogP contribution in [0.4, 0.5) is 11.5 Å². The third kappa shape index (κ3) is 3.27. The number of nitrogens with one attached hydrogen (secondary N) is 1. The van der Waals surface area contributed by atoms with Crippen molar-refractivity contribution in [3.63, 3.8) is 0 Å². The van der Waals surface area contributed by atoms with Gasteiger partial charge in [0.05, 0.1) is 11.6 Å². The minimum Gasteiger partial charge on any atom is -0.378 e. The number of hydrazone groups is 1. The first kappa shape index (κ1) is 16.9. The van der Waals surface area contributed by atoms with Crippen LogP contribution in [0.25, 0.3) is 10.2 Å². The Bertz CT molecular complexity index is 945. The summed E-state index contributed by atoms with van der Waals surface area (Å²) in [5, 5.41) is 5.52. The summed E-state index contributed by atoms with van der Waals surface area (Å²) in [6, 6.07) is 8.27. The van der Waals surface area contributed by atoms with E-state index in [1.807, 2.05) is 20.3 Å². The molecule has 1 N–H and O–H groups in total. The van der Waals surface area contributed by atoms with E-state index in [0.29, 0.717) is 0 Å². The molecule has 6 nitrogen and oxygen atoms in total. The molecule has 0 amide bonds. The summed E-state index contributed by atoms with van der Waals surface area (Å²) in [6.45, 7) is 2.05. The van der Waals surface area contributed by atoms with Crippen LogP contribution < -0.4 is 10.3 Å². The van der Waals surface area contributed by atoms with E-state index in [0.717, 1.165) is 41.1 Å². The van der Waals surface area contributed by atoms with Gasteiger partial charge < -0.3 is 9.80 Å². The first-order chi connectivity index (χ1) is 12.6. The van der Waals surface area contributed by atoms with Gasteiger partial charge in [0.1, 0.15) is 11.2 Å². The zero-order chi connectivity index (χ0) is 18.1. The third-order valence-corrected chi connectivity index (χ3v) is 5.75. The molecule has 4 rings (SSSR count). The SMILES string of the molecule is CN1CCc2c(sc3ncnc(N/N=C/c4ccc(N(C)C)cc4)c23)C1. The van der Waals surface area contributed by atoms with Gasteiger partial charge in [0, 0.05) is 37.7 Å². The summed E-state index contributed by atoms with van der Waals surface area (Å²) in [4.78, 5) is 15.7. The lowest BCUT2D eigenvalue weighted by Crippen LogP contribution is -2.25. The summed E-state index contributed by atoms with van der Waals surface area (Å²) in [5.41, 5.74) is 6.71. The molecule has 0 fully saturated rings. The van der Waals surface area contributed by atoms with E-state index >= 15 is 0 Å². The van der Waals surface area contributed by atoms with Crippen LogP contribution in [0.1, 0.15) is 16.0 Å². The number of thiophene rings is 1. The van der Waals surface area contributed by atoms with Crippen molar-refractivity contribution in [2.24, 2.45) is 5.10 Å². The predicted molar refractivity (Wildman–Crippen MR) is 109 cm³/mol. The number of likely N-dealkylation sites (N-methyl/N-ethyl adjacent to an activating group) is 1. The first-order valence-corrected chi connectivity index (χ1v) is 9.44. The molecule has 0 radical (unpaired) electrons. The van der Waals surface area contributed by atoms with Crippen molar-refractivity contribution in [1.82, 2.24) is 14.9 Å². The monoisotopic (exact) mass is 366 g/mol. The highest BCUT2D eigenvalue weighted by atomic mass is 32.1. The molecule has 0 spiro atoms. The van der Waals surface area contributed by atoms with Crippen LogP contribution in [0.3, 0.4) is 0 Å². The third-order valence-electron chi connectivity index (χ3n) is 4.62. The molecule has 1 aromatic carbocycles. The molecule has 1 aliphatic rings. The van der Waals surface area contributed by atoms with Gasteiger partial charge >= 0.3 is 0 Å². The minimum atomic E-state index is 0.790. The van der Waals surface area contributed by atoms with Crippen LogP contribution in [0.5, 0.6) is 0 Å². The molecule has 0 atom stereocenters. The van der Waals surface area contributed by atoms with Crippen molar-refractivity contribution in [1.29, 1.82) is 0 Å². The summed E-state index contributed by atoms with van der Waals surface area (Å²) < 4.78 is 0. The lowest BCUT2D eigenvalue weighted by molar-refractivity contribution is 0.318. The van der Waals surface area contributed by atoms with Gasteiger partial charge in [-0.25, -0.2) is 9.97 Å². The highest BCUT2D eigenvalue weighted by Crippen LogP contribution is 2.36. The molecular weight excluding hydrogens is 344 g/mol. The summed E-state index contributed by atoms with van der Waals surface area (Å²) >= 11 is 1.76. The number of benzene rings is 1. The number of nitrogens with zero attached hydrogens (tertiary/aromatic N) is 5. The standard InChI is InChI=1S/C19H22N6S/c1-24(2)14-6-4-13(5-7-14)10-22-23-18-17-15-8-9-25(3)11-16(15)26-19(17)21-12-20-18/h4-7,10,12H,8-9,11H2,1-3H3,(H,20,21,23)/b22-10+. The van der Waals surface area contributed by atoms with Gasteiger partial charge in [-0.1, -0.05) is 12.1 Å². The number of aromatic nitrogens is 2. The van der Waals surface area contributed by atoms with Crippen LogP contribution in [0.2, 0.25) is 0 Å². The average molecular weight is 366 g/mol. The lowest BCUT2D eigenvalue weighted by Gasteiger charge is -2.22. The van der Waals surface area contributed by atoms with Crippen molar-refractivity contribution in [2.75, 3.05) is 38.0 Å². The molecule has 134 valence electrons. The second-order valence-electron chi connectivity index (χ2n) is 6.75. The summed E-state index contributed by atoms with van der Waals surface area (Å²) in [5.74, 6) is 0.790. The Morgan fingerprint density at radius 1 is 1.23 bits per heavy atom. The zero-order valence-corrected chi connectivity index (χ0v) is 16.0. The number of hydrogen-bond donors (Lipinski definition) is 1. The highest BCUT2D eigenvalue weighted by molar-refractivity contribution is 7.18. The van der Waals surface area contributed by atoms with E-state index in [-0.39, 0.29) is 0 Å². The van der Waals surface area contributed by atoms with Crippen LogP contribution in [-0.2, 0) is 13.0 Å². The fraction of sp³-hybridized carbons (Fsp3) is 0.316. The van der Waals surface area contributed by atoms with Gasteiger partial charge in [-0.2, -0.15) is 5.10 Å². The Balaban J connectivity index is 1.57. The maximum Gasteiger partial charge on any atom is 0.158 e. The molecule has 3 heterocycles. The van der Waals surface area contributed by atoms with Gasteiger partial charge in [0.25, 0.3) is 0 Å². The number of hydrogen-bond acceptors (Lipinski definition) is 7. The Hall–Kier alpha value is -2.51. The molecule has 0 aliphatic carbocycles. The topological polar surface area (TPSA) is 56.7 Å². The minimum absolute atomic E-state index is 0.790. The van der Waals surface area contributed by atoms with Crippen LogP contribution >= 0.6 is 11.3 Å². The Morgan fingerprint density at radius 3 is 2.81 bits per heavy atom. The van der Waals surface area contributed by atoms with Gasteiger partial charge in [0.15, 0.2) is 5.82 Å². The van der Waals surface area contributed by atoms with Gasteiger partial charge in [-0.15, -0.1) is 11.3 Å². The molecule has 0 unspecified atom stereocenters. The highest BCUT2D eigenvalue weighted by Gasteiger charge is 2.21. The zero-order valence-electron chi connectivity index (χ0n) is 15.2. The van der Waals surface area contributed by atoms with E-state index < -0.39 is 0 Å². The second kappa shape index (κ2) is 7.01. The van der Waals surface area contributed by atoms with E-state index in [9.17, 15) is 0 Å². The average Bonchev–Trinajstić information content (AvgIpc) is 3.00. The second-order valence-corrected chi connectivity index (χ2v) is 7.83. The van der Waals surface area contributed by atoms with Gasteiger partial charge in [-0.05, 0) is 36.7 Å². The predicted octanol–water partition coefficient (Wildman–Crippen LogP) is 3.19. The largest absolute Gasteiger partial charge is 0.378 e. The van der Waals surface area contributed by atoms with Crippen molar-refractivity contribution in [3.8, 4) is 0 Å². The number of fused-ring (bicyclic) bond motifs is 3. The number of anilines is 2. The van der Waals surface area contributed by atoms with Crippen molar-refractivity contribution in [2.45, 2.75) is 13.0 Å². The summed E-state index contributed by atoms with van der Waals surface area (Å²) in [7, 11) is 6.22. The maximum atomic E-state index is 4.46. The smallest absolute Gasteiger partial charge is 0.158 e. The number of rotatable bonds is 4. The van der Waals surface area contributed by atoms with Crippen LogP contribution in [0.15, 0.2) is 35.7 Å². The molecule has 3 aromatic rings. The molecule has 2 aromatic heterocycles. The quantitative estimate of drug-likeness (QED) is 0.568. The first-order valence-electron chi connectivity index (χ1n) is 8.62. The van der Waals surface area contributed by atoms with Gasteiger partial charge in [0.2, 0.25) is 0 Å². The van der Waals surface area contributed by atoms with E-state index in [1.165, 1.54) is 16.1 Å². The normalized spacial score (nSPS) is 14.7. The van der Waals surface area contributed by atoms with E-state index in [1.54, 1.807) is 17.7 Å². The van der Waals surface area contributed by atoms with Crippen molar-refractivity contribution < 1.29 is 0 Å². The van der Waals surface area contributed by atoms with E-state index in [2.05, 4.69) is 61.6 Å². The molecule has 7 heteroatoms. The Morgan fingerprint density at radius 2 is 2.04 bits per heavy atom. The maximum absolute atomic E-state index is 4.46. The van der Waals surface area contributed by atoms with Crippen LogP contribution in [-0.4, -0.2) is 48.8 Å². The van der Waals surface area contributed by atoms with Crippen LogP contribution in [0, 0.1) is 0 Å². The lowest BCUT2D eigenvalue weighted by atomic mass is 10.1. The molecule has 1 aliphatic heterocycles. The van der Waals surface area contributed by atoms with E-state index in [4.69, 9.17) is 0 Å². The fourth-order valence-corrected chi connectivity index (χ4v) is 4.43. The summed E-state index contributed by atoms with van der Waals surface area (Å²) in [6.07, 6.45) is 4.46. The molecular formula is C19H22N6S. The molecule has 0 saturated carbocycles. The van der Waals surface area contributed by atoms with Crippen molar-refractivity contribution in [3.05, 3.63) is 46.6 Å². The van der Waals surface area contributed by atoms with Crippen molar-refractivity contribution >= 4 is 39.3 Å². The van der Waals surface area contributed by atoms with Gasteiger partial charge in [-0.3, -0.25) is 5.43 Å². The fourth-order valence-electron chi connectivity index (χ4n) is 3.17. The Kier molecular flexibility index (Phi) is 4.57. The Labute approximate surface area is 157 Å².